The summed E-state index contributed by atoms with van der Waals surface area (Å²) in [6, 6.07) is 8.35. The summed E-state index contributed by atoms with van der Waals surface area (Å²) in [7, 11) is 0. The summed E-state index contributed by atoms with van der Waals surface area (Å²) in [6.07, 6.45) is 2.27. The molecular weight excluding hydrogens is 224 g/mol. The van der Waals surface area contributed by atoms with Crippen LogP contribution in [0.25, 0.3) is 0 Å². The summed E-state index contributed by atoms with van der Waals surface area (Å²) in [4.78, 5) is 4.29. The molecular formula is C14H20N4. The summed E-state index contributed by atoms with van der Waals surface area (Å²) >= 11 is 0. The average Bonchev–Trinajstić information content (AvgIpc) is 2.76. The van der Waals surface area contributed by atoms with Crippen molar-refractivity contribution in [1.29, 1.82) is 0 Å². The Morgan fingerprint density at radius 2 is 1.94 bits per heavy atom. The molecule has 0 bridgehead atoms. The van der Waals surface area contributed by atoms with Crippen molar-refractivity contribution in [3.05, 3.63) is 47.5 Å². The molecule has 0 aliphatic heterocycles. The Balaban J connectivity index is 2.23. The first kappa shape index (κ1) is 12.8. The molecule has 0 radical (unpaired) electrons. The third kappa shape index (κ3) is 2.59. The molecule has 0 aliphatic carbocycles. The second-order valence-corrected chi connectivity index (χ2v) is 4.95. The number of hydrogen-bond acceptors (Lipinski definition) is 3. The highest BCUT2D eigenvalue weighted by Gasteiger charge is 2.24. The van der Waals surface area contributed by atoms with Crippen molar-refractivity contribution in [1.82, 2.24) is 14.8 Å². The summed E-state index contributed by atoms with van der Waals surface area (Å²) < 4.78 is 1.89. The van der Waals surface area contributed by atoms with Crippen molar-refractivity contribution >= 4 is 0 Å². The van der Waals surface area contributed by atoms with Crippen LogP contribution in [-0.4, -0.2) is 14.8 Å². The van der Waals surface area contributed by atoms with Crippen LogP contribution in [0.15, 0.2) is 30.6 Å². The number of rotatable bonds is 4. The summed E-state index contributed by atoms with van der Waals surface area (Å²) in [5.41, 5.74) is 8.36. The van der Waals surface area contributed by atoms with Gasteiger partial charge in [0.15, 0.2) is 0 Å². The largest absolute Gasteiger partial charge is 0.321 e. The zero-order chi connectivity index (χ0) is 13.2. The fourth-order valence-corrected chi connectivity index (χ4v) is 2.05. The molecule has 2 N–H and O–H groups in total. The lowest BCUT2D eigenvalue weighted by Crippen LogP contribution is -2.36. The van der Waals surface area contributed by atoms with Gasteiger partial charge >= 0.3 is 0 Å². The van der Waals surface area contributed by atoms with E-state index in [9.17, 15) is 0 Å². The highest BCUT2D eigenvalue weighted by Crippen LogP contribution is 2.22. The second kappa shape index (κ2) is 4.90. The number of nitrogens with zero attached hydrogens (tertiary/aromatic N) is 3. The number of aromatic nitrogens is 3. The Labute approximate surface area is 108 Å². The van der Waals surface area contributed by atoms with Crippen LogP contribution in [0.3, 0.4) is 0 Å². The van der Waals surface area contributed by atoms with E-state index >= 15 is 0 Å². The van der Waals surface area contributed by atoms with Crippen molar-refractivity contribution < 1.29 is 0 Å². The lowest BCUT2D eigenvalue weighted by atomic mass is 9.89. The van der Waals surface area contributed by atoms with Crippen molar-refractivity contribution in [3.8, 4) is 0 Å². The molecule has 1 unspecified atom stereocenters. The van der Waals surface area contributed by atoms with Gasteiger partial charge in [0.25, 0.3) is 0 Å². The fourth-order valence-electron chi connectivity index (χ4n) is 2.05. The van der Waals surface area contributed by atoms with Gasteiger partial charge in [0.2, 0.25) is 0 Å². The Bertz CT molecular complexity index is 511. The molecule has 96 valence electrons. The van der Waals surface area contributed by atoms with E-state index in [-0.39, 0.29) is 0 Å². The molecule has 2 aromatic rings. The molecule has 4 heteroatoms. The molecule has 18 heavy (non-hydrogen) atoms. The monoisotopic (exact) mass is 244 g/mol. The average molecular weight is 244 g/mol. The molecule has 1 atom stereocenters. The van der Waals surface area contributed by atoms with Crippen LogP contribution in [0.4, 0.5) is 0 Å². The van der Waals surface area contributed by atoms with Gasteiger partial charge in [-0.15, -0.1) is 0 Å². The molecule has 0 saturated carbocycles. The molecule has 1 aromatic heterocycles. The molecule has 0 fully saturated rings. The van der Waals surface area contributed by atoms with E-state index in [0.717, 1.165) is 17.9 Å². The maximum absolute atomic E-state index is 6.42. The smallest absolute Gasteiger partial charge is 0.138 e. The van der Waals surface area contributed by atoms with Gasteiger partial charge in [-0.3, -0.25) is 4.68 Å². The lowest BCUT2D eigenvalue weighted by Gasteiger charge is -2.25. The normalized spacial score (nSPS) is 14.4. The van der Waals surface area contributed by atoms with E-state index in [1.54, 1.807) is 6.33 Å². The Morgan fingerprint density at radius 1 is 1.28 bits per heavy atom. The van der Waals surface area contributed by atoms with Crippen molar-refractivity contribution in [3.63, 3.8) is 0 Å². The third-order valence-electron chi connectivity index (χ3n) is 3.23. The van der Waals surface area contributed by atoms with Crippen LogP contribution >= 0.6 is 0 Å². The van der Waals surface area contributed by atoms with Gasteiger partial charge in [-0.1, -0.05) is 29.8 Å². The van der Waals surface area contributed by atoms with Crippen LogP contribution < -0.4 is 5.73 Å². The third-order valence-corrected chi connectivity index (χ3v) is 3.23. The number of hydrogen-bond donors (Lipinski definition) is 1. The maximum atomic E-state index is 6.42. The SMILES string of the molecule is CCn1ncnc1CC(C)(N)c1ccc(C)cc1. The quantitative estimate of drug-likeness (QED) is 0.895. The van der Waals surface area contributed by atoms with Gasteiger partial charge in [-0.05, 0) is 26.3 Å². The standard InChI is InChI=1S/C14H20N4/c1-4-18-13(16-10-17-18)9-14(3,15)12-7-5-11(2)6-8-12/h5-8,10H,4,9,15H2,1-3H3. The van der Waals surface area contributed by atoms with Crippen molar-refractivity contribution in [2.75, 3.05) is 0 Å². The van der Waals surface area contributed by atoms with Crippen LogP contribution in [-0.2, 0) is 18.5 Å². The van der Waals surface area contributed by atoms with E-state index in [1.807, 2.05) is 11.6 Å². The van der Waals surface area contributed by atoms with E-state index in [2.05, 4.69) is 48.2 Å². The first-order valence-electron chi connectivity index (χ1n) is 6.25. The molecule has 1 aromatic carbocycles. The molecule has 2 rings (SSSR count). The summed E-state index contributed by atoms with van der Waals surface area (Å²) in [6.45, 7) is 6.98. The minimum absolute atomic E-state index is 0.423. The molecule has 0 saturated heterocycles. The Hall–Kier alpha value is -1.68. The molecule has 4 nitrogen and oxygen atoms in total. The topological polar surface area (TPSA) is 56.7 Å². The van der Waals surface area contributed by atoms with E-state index < -0.39 is 5.54 Å². The predicted octanol–water partition coefficient (Wildman–Crippen LogP) is 2.02. The van der Waals surface area contributed by atoms with E-state index in [0.29, 0.717) is 6.42 Å². The maximum Gasteiger partial charge on any atom is 0.138 e. The first-order chi connectivity index (χ1) is 8.53. The van der Waals surface area contributed by atoms with E-state index in [4.69, 9.17) is 5.73 Å². The van der Waals surface area contributed by atoms with Crippen LogP contribution in [0.1, 0.15) is 30.8 Å². The van der Waals surface area contributed by atoms with E-state index in [1.165, 1.54) is 5.56 Å². The van der Waals surface area contributed by atoms with Crippen molar-refractivity contribution in [2.24, 2.45) is 5.73 Å². The van der Waals surface area contributed by atoms with Gasteiger partial charge in [0.05, 0.1) is 0 Å². The first-order valence-corrected chi connectivity index (χ1v) is 6.25. The molecule has 0 aliphatic rings. The molecule has 0 spiro atoms. The van der Waals surface area contributed by atoms with Gasteiger partial charge in [-0.25, -0.2) is 4.98 Å². The van der Waals surface area contributed by atoms with Gasteiger partial charge in [0.1, 0.15) is 12.2 Å². The minimum atomic E-state index is -0.423. The fraction of sp³-hybridized carbons (Fsp3) is 0.429. The van der Waals surface area contributed by atoms with Crippen LogP contribution in [0, 0.1) is 6.92 Å². The van der Waals surface area contributed by atoms with Gasteiger partial charge in [-0.2, -0.15) is 5.10 Å². The summed E-state index contributed by atoms with van der Waals surface area (Å²) in [5.74, 6) is 0.933. The summed E-state index contributed by atoms with van der Waals surface area (Å²) in [5, 5.41) is 4.18. The second-order valence-electron chi connectivity index (χ2n) is 4.95. The predicted molar refractivity (Wildman–Crippen MR) is 72.1 cm³/mol. The zero-order valence-electron chi connectivity index (χ0n) is 11.2. The van der Waals surface area contributed by atoms with Gasteiger partial charge < -0.3 is 5.73 Å². The number of nitrogens with two attached hydrogens (primary N) is 1. The Morgan fingerprint density at radius 3 is 2.56 bits per heavy atom. The van der Waals surface area contributed by atoms with Crippen LogP contribution in [0.2, 0.25) is 0 Å². The zero-order valence-corrected chi connectivity index (χ0v) is 11.2. The minimum Gasteiger partial charge on any atom is -0.321 e. The Kier molecular flexibility index (Phi) is 3.48. The highest BCUT2D eigenvalue weighted by molar-refractivity contribution is 5.28. The van der Waals surface area contributed by atoms with Crippen molar-refractivity contribution in [2.45, 2.75) is 39.3 Å². The molecule has 1 heterocycles. The highest BCUT2D eigenvalue weighted by atomic mass is 15.3. The number of aryl methyl sites for hydroxylation is 2. The lowest BCUT2D eigenvalue weighted by molar-refractivity contribution is 0.457. The molecule has 0 amide bonds. The number of benzene rings is 1. The van der Waals surface area contributed by atoms with Crippen LogP contribution in [0.5, 0.6) is 0 Å². The van der Waals surface area contributed by atoms with Gasteiger partial charge in [0, 0.05) is 18.5 Å².